The minimum absolute atomic E-state index is 0.0764. The molecular weight excluding hydrogens is 440 g/mol. The van der Waals surface area contributed by atoms with E-state index in [4.69, 9.17) is 24.4 Å². The number of nitrogens with one attached hydrogen (secondary N) is 4. The molecule has 0 radical (unpaired) electrons. The van der Waals surface area contributed by atoms with Crippen LogP contribution in [0.15, 0.2) is 24.3 Å². The Labute approximate surface area is 175 Å². The summed E-state index contributed by atoms with van der Waals surface area (Å²) in [6, 6.07) is 6.88. The largest absolute Gasteiger partial charge is 0.359 e. The van der Waals surface area contributed by atoms with E-state index >= 15 is 0 Å². The van der Waals surface area contributed by atoms with Crippen LogP contribution in [-0.2, 0) is 19.7 Å². The lowest BCUT2D eigenvalue weighted by Gasteiger charge is -2.19. The molecule has 0 aliphatic carbocycles. The number of anilines is 2. The van der Waals surface area contributed by atoms with Gasteiger partial charge in [-0.05, 0) is 49.4 Å². The van der Waals surface area contributed by atoms with Crippen molar-refractivity contribution in [1.29, 1.82) is 0 Å². The molecule has 2 aliphatic rings. The molecule has 0 saturated carbocycles. The number of sulfone groups is 2. The van der Waals surface area contributed by atoms with Crippen molar-refractivity contribution in [3.8, 4) is 0 Å². The van der Waals surface area contributed by atoms with E-state index in [0.717, 1.165) is 0 Å². The molecule has 1 aromatic carbocycles. The fourth-order valence-electron chi connectivity index (χ4n) is 3.21. The van der Waals surface area contributed by atoms with E-state index < -0.39 is 19.7 Å². The van der Waals surface area contributed by atoms with Crippen LogP contribution in [0.2, 0.25) is 0 Å². The molecule has 2 aliphatic heterocycles. The molecule has 0 aromatic heterocycles. The maximum absolute atomic E-state index is 11.6. The Morgan fingerprint density at radius 2 is 1.18 bits per heavy atom. The fraction of sp³-hybridized carbons (Fsp3) is 0.500. The van der Waals surface area contributed by atoms with Gasteiger partial charge in [-0.2, -0.15) is 0 Å². The molecule has 28 heavy (non-hydrogen) atoms. The Balaban J connectivity index is 1.56. The third-order valence-electron chi connectivity index (χ3n) is 4.56. The number of hydrogen-bond donors (Lipinski definition) is 4. The summed E-state index contributed by atoms with van der Waals surface area (Å²) in [5.41, 5.74) is 1.34. The normalized spacial score (nSPS) is 25.0. The van der Waals surface area contributed by atoms with Gasteiger partial charge in [0.2, 0.25) is 0 Å². The maximum atomic E-state index is 11.6. The third-order valence-corrected chi connectivity index (χ3v) is 8.53. The summed E-state index contributed by atoms with van der Waals surface area (Å²) in [6.45, 7) is 0. The van der Waals surface area contributed by atoms with Gasteiger partial charge in [0.25, 0.3) is 0 Å². The van der Waals surface area contributed by atoms with Gasteiger partial charge in [-0.15, -0.1) is 0 Å². The van der Waals surface area contributed by atoms with Gasteiger partial charge in [0, 0.05) is 12.1 Å². The molecule has 2 heterocycles. The van der Waals surface area contributed by atoms with Crippen LogP contribution < -0.4 is 21.3 Å². The van der Waals surface area contributed by atoms with Crippen LogP contribution >= 0.6 is 24.4 Å². The highest BCUT2D eigenvalue weighted by Gasteiger charge is 2.29. The molecule has 0 amide bonds. The number of benzene rings is 1. The molecule has 2 fully saturated rings. The van der Waals surface area contributed by atoms with Crippen molar-refractivity contribution in [1.82, 2.24) is 10.6 Å². The first-order valence-corrected chi connectivity index (χ1v) is 13.2. The van der Waals surface area contributed by atoms with Crippen molar-refractivity contribution in [3.05, 3.63) is 24.3 Å². The predicted molar refractivity (Wildman–Crippen MR) is 119 cm³/mol. The summed E-state index contributed by atoms with van der Waals surface area (Å²) >= 11 is 10.6. The highest BCUT2D eigenvalue weighted by molar-refractivity contribution is 7.92. The molecule has 4 N–H and O–H groups in total. The maximum Gasteiger partial charge on any atom is 0.171 e. The van der Waals surface area contributed by atoms with Crippen LogP contribution in [0.25, 0.3) is 0 Å². The lowest BCUT2D eigenvalue weighted by molar-refractivity contribution is 0.598. The summed E-state index contributed by atoms with van der Waals surface area (Å²) in [7, 11) is -5.98. The summed E-state index contributed by atoms with van der Waals surface area (Å²) < 4.78 is 46.3. The Bertz CT molecular complexity index is 899. The van der Waals surface area contributed by atoms with Gasteiger partial charge >= 0.3 is 0 Å². The van der Waals surface area contributed by atoms with Crippen molar-refractivity contribution < 1.29 is 16.8 Å². The van der Waals surface area contributed by atoms with Gasteiger partial charge in [-0.1, -0.05) is 12.1 Å². The van der Waals surface area contributed by atoms with Crippen molar-refractivity contribution in [2.75, 3.05) is 33.6 Å². The first kappa shape index (κ1) is 21.2. The standard InChI is InChI=1S/C16H22N4O4S4/c21-27(22)7-5-11(9-27)17-15(25)19-13-3-1-2-4-14(13)20-16(26)18-12-6-8-28(23,24)10-12/h1-4,11-12H,5-10H2,(H2,17,19,25)(H2,18,20,26). The lowest BCUT2D eigenvalue weighted by atomic mass is 10.2. The van der Waals surface area contributed by atoms with E-state index in [1.165, 1.54) is 0 Å². The molecule has 1 aromatic rings. The van der Waals surface area contributed by atoms with Crippen molar-refractivity contribution >= 4 is 65.7 Å². The summed E-state index contributed by atoms with van der Waals surface area (Å²) in [6.07, 6.45) is 1.06. The molecule has 0 bridgehead atoms. The zero-order valence-corrected chi connectivity index (χ0v) is 18.2. The molecule has 2 saturated heterocycles. The molecule has 12 heteroatoms. The average molecular weight is 463 g/mol. The molecule has 8 nitrogen and oxygen atoms in total. The van der Waals surface area contributed by atoms with Crippen molar-refractivity contribution in [2.45, 2.75) is 24.9 Å². The molecule has 154 valence electrons. The lowest BCUT2D eigenvalue weighted by Crippen LogP contribution is -2.39. The fourth-order valence-corrected chi connectivity index (χ4v) is 7.11. The molecular formula is C16H22N4O4S4. The van der Waals surface area contributed by atoms with Gasteiger partial charge in [0.15, 0.2) is 29.9 Å². The van der Waals surface area contributed by atoms with Crippen LogP contribution in [-0.4, -0.2) is 62.2 Å². The van der Waals surface area contributed by atoms with Gasteiger partial charge in [0.05, 0.1) is 34.4 Å². The smallest absolute Gasteiger partial charge is 0.171 e. The Morgan fingerprint density at radius 3 is 1.50 bits per heavy atom. The zero-order valence-electron chi connectivity index (χ0n) is 15.0. The van der Waals surface area contributed by atoms with Crippen LogP contribution in [0.4, 0.5) is 11.4 Å². The van der Waals surface area contributed by atoms with Crippen molar-refractivity contribution in [3.63, 3.8) is 0 Å². The predicted octanol–water partition coefficient (Wildman–Crippen LogP) is 0.634. The van der Waals surface area contributed by atoms with E-state index in [-0.39, 0.29) is 35.1 Å². The van der Waals surface area contributed by atoms with E-state index in [0.29, 0.717) is 34.4 Å². The van der Waals surface area contributed by atoms with Gasteiger partial charge in [-0.3, -0.25) is 0 Å². The second kappa shape index (κ2) is 8.47. The van der Waals surface area contributed by atoms with Gasteiger partial charge in [0.1, 0.15) is 0 Å². The topological polar surface area (TPSA) is 116 Å². The van der Waals surface area contributed by atoms with E-state index in [9.17, 15) is 16.8 Å². The zero-order chi connectivity index (χ0) is 20.4. The first-order valence-electron chi connectivity index (χ1n) is 8.77. The highest BCUT2D eigenvalue weighted by Crippen LogP contribution is 2.21. The van der Waals surface area contributed by atoms with Crippen LogP contribution in [0.1, 0.15) is 12.8 Å². The van der Waals surface area contributed by atoms with E-state index in [2.05, 4.69) is 21.3 Å². The van der Waals surface area contributed by atoms with Crippen LogP contribution in [0, 0.1) is 0 Å². The van der Waals surface area contributed by atoms with Gasteiger partial charge < -0.3 is 21.3 Å². The van der Waals surface area contributed by atoms with Crippen LogP contribution in [0.3, 0.4) is 0 Å². The minimum Gasteiger partial charge on any atom is -0.359 e. The second-order valence-corrected chi connectivity index (χ2v) is 12.2. The summed E-state index contributed by atoms with van der Waals surface area (Å²) in [5, 5.41) is 12.8. The minimum atomic E-state index is -2.99. The third kappa shape index (κ3) is 6.00. The Morgan fingerprint density at radius 1 is 0.786 bits per heavy atom. The summed E-state index contributed by atoms with van der Waals surface area (Å²) in [5.74, 6) is 0.491. The SMILES string of the molecule is O=S1(=O)CCC(NC(=S)Nc2ccccc2NC(=S)NC2CCS(=O)(=O)C2)C1. The average Bonchev–Trinajstić information content (AvgIpc) is 3.10. The number of thiocarbonyl (C=S) groups is 2. The number of hydrogen-bond acceptors (Lipinski definition) is 6. The molecule has 0 spiro atoms. The van der Waals surface area contributed by atoms with Crippen molar-refractivity contribution in [2.24, 2.45) is 0 Å². The monoisotopic (exact) mass is 462 g/mol. The highest BCUT2D eigenvalue weighted by atomic mass is 32.2. The Kier molecular flexibility index (Phi) is 6.42. The quantitative estimate of drug-likeness (QED) is 0.475. The summed E-state index contributed by atoms with van der Waals surface area (Å²) in [4.78, 5) is 0. The van der Waals surface area contributed by atoms with E-state index in [1.807, 2.05) is 24.3 Å². The Hall–Kier alpha value is -1.50. The van der Waals surface area contributed by atoms with Gasteiger partial charge in [-0.25, -0.2) is 16.8 Å². The molecule has 2 unspecified atom stereocenters. The molecule has 2 atom stereocenters. The first-order chi connectivity index (χ1) is 13.1. The molecule has 3 rings (SSSR count). The number of para-hydroxylation sites is 2. The second-order valence-electron chi connectivity index (χ2n) is 6.94. The van der Waals surface area contributed by atoms with E-state index in [1.54, 1.807) is 0 Å². The number of rotatable bonds is 4. The van der Waals surface area contributed by atoms with Crippen LogP contribution in [0.5, 0.6) is 0 Å².